The molecule has 0 rings (SSSR count). The Kier molecular flexibility index (Phi) is 42.8. The molecule has 0 radical (unpaired) electrons. The van der Waals surface area contributed by atoms with Crippen LogP contribution in [0.1, 0.15) is 251 Å². The summed E-state index contributed by atoms with van der Waals surface area (Å²) < 4.78 is 26.9. The summed E-state index contributed by atoms with van der Waals surface area (Å²) in [6, 6.07) is 0. The zero-order chi connectivity index (χ0) is 41.1. The fraction of sp³-hybridized carbons (Fsp3) is 0.957. The number of hydrogen-bond acceptors (Lipinski definition) is 7. The average molecular weight is 818 g/mol. The summed E-state index contributed by atoms with van der Waals surface area (Å²) in [5.41, 5.74) is 0. The van der Waals surface area contributed by atoms with Gasteiger partial charge >= 0.3 is 13.8 Å². The molecule has 0 aromatic carbocycles. The Morgan fingerprint density at radius 1 is 0.482 bits per heavy atom. The number of phosphoric ester groups is 1. The van der Waals surface area contributed by atoms with Crippen LogP contribution in [0, 0.1) is 0 Å². The third-order valence-electron chi connectivity index (χ3n) is 10.8. The van der Waals surface area contributed by atoms with E-state index < -0.39 is 26.5 Å². The van der Waals surface area contributed by atoms with Crippen LogP contribution >= 0.6 is 7.82 Å². The maximum Gasteiger partial charge on any atom is 0.472 e. The van der Waals surface area contributed by atoms with Gasteiger partial charge in [-0.05, 0) is 12.8 Å². The van der Waals surface area contributed by atoms with Gasteiger partial charge in [0.25, 0.3) is 0 Å². The largest absolute Gasteiger partial charge is 0.472 e. The number of phosphoric acid groups is 1. The lowest BCUT2D eigenvalue weighted by molar-refractivity contribution is -0.147. The second-order valence-electron chi connectivity index (χ2n) is 16.5. The third kappa shape index (κ3) is 44.1. The van der Waals surface area contributed by atoms with Crippen LogP contribution in [0.25, 0.3) is 0 Å². The fourth-order valence-corrected chi connectivity index (χ4v) is 7.91. The minimum atomic E-state index is -4.41. The molecule has 0 heterocycles. The lowest BCUT2D eigenvalue weighted by Crippen LogP contribution is -2.27. The Morgan fingerprint density at radius 3 is 1.16 bits per heavy atom. The van der Waals surface area contributed by atoms with E-state index in [1.807, 2.05) is 0 Å². The Morgan fingerprint density at radius 2 is 0.804 bits per heavy atom. The zero-order valence-corrected chi connectivity index (χ0v) is 37.8. The van der Waals surface area contributed by atoms with Crippen LogP contribution < -0.4 is 5.32 Å². The molecule has 0 aromatic rings. The monoisotopic (exact) mass is 818 g/mol. The van der Waals surface area contributed by atoms with Crippen molar-refractivity contribution in [1.82, 2.24) is 5.32 Å². The molecule has 1 amide bonds. The predicted molar refractivity (Wildman–Crippen MR) is 234 cm³/mol. The van der Waals surface area contributed by atoms with E-state index in [0.29, 0.717) is 12.8 Å². The van der Waals surface area contributed by atoms with Crippen molar-refractivity contribution in [2.75, 3.05) is 26.4 Å². The normalized spacial score (nSPS) is 13.1. The highest BCUT2D eigenvalue weighted by Crippen LogP contribution is 2.42. The van der Waals surface area contributed by atoms with Crippen molar-refractivity contribution in [3.05, 3.63) is 0 Å². The van der Waals surface area contributed by atoms with Crippen molar-refractivity contribution in [3.63, 3.8) is 0 Å². The first-order valence-corrected chi connectivity index (χ1v) is 25.5. The Labute approximate surface area is 346 Å². The number of amides is 1. The van der Waals surface area contributed by atoms with Crippen LogP contribution in [0.2, 0.25) is 0 Å². The molecule has 2 atom stereocenters. The minimum absolute atomic E-state index is 0.0883. The van der Waals surface area contributed by atoms with Gasteiger partial charge in [-0.1, -0.05) is 226 Å². The molecule has 0 saturated heterocycles. The van der Waals surface area contributed by atoms with Gasteiger partial charge < -0.3 is 20.1 Å². The highest BCUT2D eigenvalue weighted by molar-refractivity contribution is 7.47. The summed E-state index contributed by atoms with van der Waals surface area (Å²) >= 11 is 0. The number of carbonyl (C=O) groups is 2. The highest BCUT2D eigenvalue weighted by Gasteiger charge is 2.23. The molecule has 0 spiro atoms. The van der Waals surface area contributed by atoms with E-state index in [2.05, 4.69) is 19.2 Å². The maximum atomic E-state index is 12.1. The van der Waals surface area contributed by atoms with Crippen molar-refractivity contribution in [2.45, 2.75) is 258 Å². The van der Waals surface area contributed by atoms with Crippen LogP contribution in [0.4, 0.5) is 0 Å². The first-order chi connectivity index (χ1) is 27.3. The standard InChI is InChI=1S/C46H92NO8P/c1-3-5-7-9-11-13-15-17-19-20-21-22-23-24-25-27-29-31-33-35-37-39-46(50)53-42-44(48)43-55-56(51,52)54-41-40-47-45(49)38-36-34-32-30-28-26-18-16-14-12-10-8-6-4-2/h44,48H,3-43H2,1-2H3,(H,47,49)(H,51,52). The van der Waals surface area contributed by atoms with Crippen molar-refractivity contribution >= 4 is 19.7 Å². The summed E-state index contributed by atoms with van der Waals surface area (Å²) in [7, 11) is -4.41. The van der Waals surface area contributed by atoms with Gasteiger partial charge in [-0.2, -0.15) is 0 Å². The van der Waals surface area contributed by atoms with Gasteiger partial charge in [-0.3, -0.25) is 18.6 Å². The molecule has 334 valence electrons. The molecule has 56 heavy (non-hydrogen) atoms. The first kappa shape index (κ1) is 55.0. The molecule has 0 saturated carbocycles. The molecule has 9 nitrogen and oxygen atoms in total. The van der Waals surface area contributed by atoms with E-state index in [4.69, 9.17) is 13.8 Å². The van der Waals surface area contributed by atoms with E-state index in [1.54, 1.807) is 0 Å². The lowest BCUT2D eigenvalue weighted by atomic mass is 10.0. The lowest BCUT2D eigenvalue weighted by Gasteiger charge is -2.15. The van der Waals surface area contributed by atoms with E-state index in [-0.39, 0.29) is 25.7 Å². The maximum absolute atomic E-state index is 12.1. The quantitative estimate of drug-likeness (QED) is 0.0314. The number of aliphatic hydroxyl groups is 1. The van der Waals surface area contributed by atoms with Crippen molar-refractivity contribution in [3.8, 4) is 0 Å². The SMILES string of the molecule is CCCCCCCCCCCCCCCCCCCCCCCC(=O)OCC(O)COP(=O)(O)OCCNC(=O)CCCCCCCCCCCCCCCC. The topological polar surface area (TPSA) is 131 Å². The third-order valence-corrected chi connectivity index (χ3v) is 11.8. The van der Waals surface area contributed by atoms with E-state index in [1.165, 1.54) is 186 Å². The second kappa shape index (κ2) is 43.6. The number of unbranched alkanes of at least 4 members (excludes halogenated alkanes) is 33. The molecule has 0 aliphatic rings. The van der Waals surface area contributed by atoms with E-state index in [9.17, 15) is 24.2 Å². The highest BCUT2D eigenvalue weighted by atomic mass is 31.2. The summed E-state index contributed by atoms with van der Waals surface area (Å²) in [5.74, 6) is -0.501. The summed E-state index contributed by atoms with van der Waals surface area (Å²) in [4.78, 5) is 34.0. The van der Waals surface area contributed by atoms with Crippen LogP contribution in [-0.2, 0) is 27.9 Å². The predicted octanol–water partition coefficient (Wildman–Crippen LogP) is 13.6. The van der Waals surface area contributed by atoms with Crippen molar-refractivity contribution < 1.29 is 37.9 Å². The Hall–Kier alpha value is -0.990. The van der Waals surface area contributed by atoms with Gasteiger partial charge in [0.05, 0.1) is 13.2 Å². The molecule has 2 unspecified atom stereocenters. The van der Waals surface area contributed by atoms with Crippen LogP contribution in [0.5, 0.6) is 0 Å². The number of hydrogen-bond donors (Lipinski definition) is 3. The van der Waals surface area contributed by atoms with Gasteiger partial charge in [-0.15, -0.1) is 0 Å². The number of ether oxygens (including phenoxy) is 1. The van der Waals surface area contributed by atoms with Gasteiger partial charge in [0, 0.05) is 19.4 Å². The molecular weight excluding hydrogens is 725 g/mol. The fourth-order valence-electron chi connectivity index (χ4n) is 7.15. The zero-order valence-electron chi connectivity index (χ0n) is 36.9. The number of esters is 1. The smallest absolute Gasteiger partial charge is 0.463 e. The molecule has 0 aromatic heterocycles. The minimum Gasteiger partial charge on any atom is -0.463 e. The number of rotatable bonds is 46. The van der Waals surface area contributed by atoms with Crippen LogP contribution in [-0.4, -0.2) is 54.3 Å². The van der Waals surface area contributed by atoms with Crippen LogP contribution in [0.15, 0.2) is 0 Å². The average Bonchev–Trinajstić information content (AvgIpc) is 3.18. The number of aliphatic hydroxyl groups excluding tert-OH is 1. The molecule has 0 fully saturated rings. The summed E-state index contributed by atoms with van der Waals surface area (Å²) in [6.45, 7) is 3.61. The Bertz CT molecular complexity index is 891. The second-order valence-corrected chi connectivity index (χ2v) is 17.9. The molecule has 3 N–H and O–H groups in total. The first-order valence-electron chi connectivity index (χ1n) is 24.0. The molecule has 0 aliphatic heterocycles. The van der Waals surface area contributed by atoms with Crippen LogP contribution in [0.3, 0.4) is 0 Å². The molecule has 10 heteroatoms. The summed E-state index contributed by atoms with van der Waals surface area (Å²) in [5, 5.41) is 12.7. The molecular formula is C46H92NO8P. The molecule has 0 bridgehead atoms. The Balaban J connectivity index is 3.51. The molecule has 0 aliphatic carbocycles. The summed E-state index contributed by atoms with van der Waals surface area (Å²) in [6.07, 6.45) is 44.7. The van der Waals surface area contributed by atoms with Gasteiger partial charge in [0.2, 0.25) is 5.91 Å². The van der Waals surface area contributed by atoms with E-state index in [0.717, 1.165) is 38.5 Å². The number of carbonyl (C=O) groups excluding carboxylic acids is 2. The van der Waals surface area contributed by atoms with Crippen molar-refractivity contribution in [2.24, 2.45) is 0 Å². The van der Waals surface area contributed by atoms with Gasteiger partial charge in [0.1, 0.15) is 12.7 Å². The van der Waals surface area contributed by atoms with Gasteiger partial charge in [0.15, 0.2) is 0 Å². The van der Waals surface area contributed by atoms with E-state index >= 15 is 0 Å². The van der Waals surface area contributed by atoms with Crippen molar-refractivity contribution in [1.29, 1.82) is 0 Å². The number of nitrogens with one attached hydrogen (secondary N) is 1. The van der Waals surface area contributed by atoms with Gasteiger partial charge in [-0.25, -0.2) is 4.57 Å².